The quantitative estimate of drug-likeness (QED) is 0.938. The molecule has 5 heteroatoms. The van der Waals surface area contributed by atoms with E-state index in [0.717, 1.165) is 11.1 Å². The lowest BCUT2D eigenvalue weighted by Crippen LogP contribution is -2.31. The van der Waals surface area contributed by atoms with Gasteiger partial charge in [0.1, 0.15) is 0 Å². The molecule has 0 saturated carbocycles. The summed E-state index contributed by atoms with van der Waals surface area (Å²) in [6, 6.07) is 10.3. The molecule has 1 N–H and O–H groups in total. The van der Waals surface area contributed by atoms with Crippen molar-refractivity contribution in [2.45, 2.75) is 26.3 Å². The van der Waals surface area contributed by atoms with Gasteiger partial charge in [0.15, 0.2) is 11.5 Å². The number of rotatable bonds is 4. The Hall–Kier alpha value is -2.95. The Morgan fingerprint density at radius 1 is 1.25 bits per heavy atom. The van der Waals surface area contributed by atoms with Crippen LogP contribution in [0.2, 0.25) is 0 Å². The number of Topliss-reactive ketones (excluding diaryl/α,β-unsaturated/α-hetero) is 1. The van der Waals surface area contributed by atoms with Crippen molar-refractivity contribution in [1.82, 2.24) is 4.98 Å². The molecule has 1 aliphatic heterocycles. The van der Waals surface area contributed by atoms with Crippen LogP contribution in [-0.2, 0) is 9.59 Å². The Morgan fingerprint density at radius 3 is 2.58 bits per heavy atom. The number of aromatic nitrogens is 1. The average molecular weight is 322 g/mol. The molecular weight excluding hydrogens is 304 g/mol. The van der Waals surface area contributed by atoms with Gasteiger partial charge >= 0.3 is 0 Å². The summed E-state index contributed by atoms with van der Waals surface area (Å²) < 4.78 is 0. The fraction of sp³-hybridized carbons (Fsp3) is 0.211. The standard InChI is InChI=1S/C19H18N2O3/c1-3-15(22)16-17(13-7-9-20-10-8-13)21(19(24)18(16)23)14-6-4-5-12(2)11-14/h4-11,17,23H,3H2,1-2H3. The zero-order chi connectivity index (χ0) is 17.3. The minimum Gasteiger partial charge on any atom is -0.503 e. The number of amides is 1. The summed E-state index contributed by atoms with van der Waals surface area (Å²) in [5, 5.41) is 10.3. The highest BCUT2D eigenvalue weighted by atomic mass is 16.3. The van der Waals surface area contributed by atoms with Crippen LogP contribution in [0.3, 0.4) is 0 Å². The maximum atomic E-state index is 12.7. The smallest absolute Gasteiger partial charge is 0.294 e. The number of aryl methyl sites for hydroxylation is 1. The summed E-state index contributed by atoms with van der Waals surface area (Å²) in [6.07, 6.45) is 3.44. The Morgan fingerprint density at radius 2 is 1.96 bits per heavy atom. The summed E-state index contributed by atoms with van der Waals surface area (Å²) in [7, 11) is 0. The second-order valence-electron chi connectivity index (χ2n) is 5.74. The van der Waals surface area contributed by atoms with Crippen LogP contribution in [0, 0.1) is 6.92 Å². The third kappa shape index (κ3) is 2.58. The molecule has 1 aromatic carbocycles. The lowest BCUT2D eigenvalue weighted by Gasteiger charge is -2.27. The van der Waals surface area contributed by atoms with Crippen molar-refractivity contribution in [2.24, 2.45) is 0 Å². The number of aliphatic hydroxyl groups excluding tert-OH is 1. The SMILES string of the molecule is CCC(=O)C1=C(O)C(=O)N(c2cccc(C)c2)C1c1ccncc1. The maximum absolute atomic E-state index is 12.7. The van der Waals surface area contributed by atoms with E-state index >= 15 is 0 Å². The van der Waals surface area contributed by atoms with Crippen LogP contribution in [0.4, 0.5) is 5.69 Å². The average Bonchev–Trinajstić information content (AvgIpc) is 2.86. The van der Waals surface area contributed by atoms with E-state index in [9.17, 15) is 14.7 Å². The van der Waals surface area contributed by atoms with E-state index in [1.54, 1.807) is 37.5 Å². The number of hydrogen-bond acceptors (Lipinski definition) is 4. The first kappa shape index (κ1) is 15.9. The molecule has 1 aliphatic rings. The summed E-state index contributed by atoms with van der Waals surface area (Å²) in [6.45, 7) is 3.64. The van der Waals surface area contributed by atoms with E-state index in [4.69, 9.17) is 0 Å². The number of pyridine rings is 1. The molecule has 122 valence electrons. The third-order valence-electron chi connectivity index (χ3n) is 4.13. The molecule has 1 amide bonds. The minimum atomic E-state index is -0.644. The van der Waals surface area contributed by atoms with Crippen molar-refractivity contribution in [3.05, 3.63) is 71.3 Å². The fourth-order valence-electron chi connectivity index (χ4n) is 2.99. The molecule has 0 fully saturated rings. The van der Waals surface area contributed by atoms with Crippen molar-refractivity contribution in [1.29, 1.82) is 0 Å². The topological polar surface area (TPSA) is 70.5 Å². The van der Waals surface area contributed by atoms with Gasteiger partial charge in [0, 0.05) is 24.5 Å². The number of carbonyl (C=O) groups is 2. The van der Waals surface area contributed by atoms with Crippen LogP contribution in [0.15, 0.2) is 60.1 Å². The third-order valence-corrected chi connectivity index (χ3v) is 4.13. The monoisotopic (exact) mass is 322 g/mol. The normalized spacial score (nSPS) is 17.5. The zero-order valence-electron chi connectivity index (χ0n) is 13.6. The van der Waals surface area contributed by atoms with Crippen molar-refractivity contribution in [3.8, 4) is 0 Å². The van der Waals surface area contributed by atoms with Gasteiger partial charge in [-0.05, 0) is 42.3 Å². The first-order valence-corrected chi connectivity index (χ1v) is 7.81. The van der Waals surface area contributed by atoms with Crippen molar-refractivity contribution in [3.63, 3.8) is 0 Å². The Labute approximate surface area is 140 Å². The highest BCUT2D eigenvalue weighted by Gasteiger charge is 2.43. The summed E-state index contributed by atoms with van der Waals surface area (Å²) >= 11 is 0. The summed E-state index contributed by atoms with van der Waals surface area (Å²) in [5.74, 6) is -1.26. The predicted molar refractivity (Wildman–Crippen MR) is 90.6 cm³/mol. The zero-order valence-corrected chi connectivity index (χ0v) is 13.6. The molecule has 5 nitrogen and oxygen atoms in total. The second-order valence-corrected chi connectivity index (χ2v) is 5.74. The van der Waals surface area contributed by atoms with E-state index in [2.05, 4.69) is 4.98 Å². The van der Waals surface area contributed by atoms with Crippen LogP contribution < -0.4 is 4.90 Å². The summed E-state index contributed by atoms with van der Waals surface area (Å²) in [4.78, 5) is 30.5. The van der Waals surface area contributed by atoms with Gasteiger partial charge in [0.05, 0.1) is 11.6 Å². The molecule has 1 unspecified atom stereocenters. The summed E-state index contributed by atoms with van der Waals surface area (Å²) in [5.41, 5.74) is 2.52. The van der Waals surface area contributed by atoms with Crippen LogP contribution in [-0.4, -0.2) is 21.8 Å². The Balaban J connectivity index is 2.18. The number of benzene rings is 1. The van der Waals surface area contributed by atoms with Crippen LogP contribution in [0.25, 0.3) is 0 Å². The molecule has 2 heterocycles. The minimum absolute atomic E-state index is 0.148. The molecule has 0 radical (unpaired) electrons. The molecule has 0 aliphatic carbocycles. The van der Waals surface area contributed by atoms with Gasteiger partial charge in [-0.2, -0.15) is 0 Å². The predicted octanol–water partition coefficient (Wildman–Crippen LogP) is 3.27. The molecular formula is C19H18N2O3. The number of anilines is 1. The van der Waals surface area contributed by atoms with Crippen molar-refractivity contribution < 1.29 is 14.7 Å². The van der Waals surface area contributed by atoms with Gasteiger partial charge < -0.3 is 5.11 Å². The molecule has 0 spiro atoms. The first-order valence-electron chi connectivity index (χ1n) is 7.81. The molecule has 3 rings (SSSR count). The van der Waals surface area contributed by atoms with Gasteiger partial charge in [-0.3, -0.25) is 19.5 Å². The Kier molecular flexibility index (Phi) is 4.16. The number of ketones is 1. The molecule has 1 aromatic heterocycles. The van der Waals surface area contributed by atoms with Crippen molar-refractivity contribution >= 4 is 17.4 Å². The molecule has 24 heavy (non-hydrogen) atoms. The van der Waals surface area contributed by atoms with E-state index in [0.29, 0.717) is 5.69 Å². The van der Waals surface area contributed by atoms with Crippen LogP contribution in [0.1, 0.15) is 30.5 Å². The van der Waals surface area contributed by atoms with Gasteiger partial charge in [-0.15, -0.1) is 0 Å². The number of nitrogens with zero attached hydrogens (tertiary/aromatic N) is 2. The molecule has 1 atom stereocenters. The van der Waals surface area contributed by atoms with E-state index in [1.807, 2.05) is 25.1 Å². The largest absolute Gasteiger partial charge is 0.503 e. The van der Waals surface area contributed by atoms with Crippen LogP contribution in [0.5, 0.6) is 0 Å². The number of carbonyl (C=O) groups excluding carboxylic acids is 2. The van der Waals surface area contributed by atoms with Gasteiger partial charge in [-0.25, -0.2) is 0 Å². The first-order chi connectivity index (χ1) is 11.5. The van der Waals surface area contributed by atoms with Gasteiger partial charge in [-0.1, -0.05) is 19.1 Å². The highest BCUT2D eigenvalue weighted by Crippen LogP contribution is 2.41. The van der Waals surface area contributed by atoms with E-state index in [1.165, 1.54) is 4.90 Å². The maximum Gasteiger partial charge on any atom is 0.294 e. The second kappa shape index (κ2) is 6.28. The number of aliphatic hydroxyl groups is 1. The van der Waals surface area contributed by atoms with E-state index < -0.39 is 17.7 Å². The molecule has 0 saturated heterocycles. The molecule has 2 aromatic rings. The molecule has 0 bridgehead atoms. The van der Waals surface area contributed by atoms with Crippen LogP contribution >= 0.6 is 0 Å². The van der Waals surface area contributed by atoms with Crippen molar-refractivity contribution in [2.75, 3.05) is 4.90 Å². The van der Waals surface area contributed by atoms with Gasteiger partial charge in [0.25, 0.3) is 5.91 Å². The van der Waals surface area contributed by atoms with Gasteiger partial charge in [0.2, 0.25) is 0 Å². The fourth-order valence-corrected chi connectivity index (χ4v) is 2.99. The lowest BCUT2D eigenvalue weighted by atomic mass is 9.95. The lowest BCUT2D eigenvalue weighted by molar-refractivity contribution is -0.118. The Bertz CT molecular complexity index is 828. The highest BCUT2D eigenvalue weighted by molar-refractivity contribution is 6.16. The van der Waals surface area contributed by atoms with E-state index in [-0.39, 0.29) is 17.8 Å². The number of hydrogen-bond donors (Lipinski definition) is 1.